The van der Waals surface area contributed by atoms with Gasteiger partial charge in [0.2, 0.25) is 0 Å². The maximum atomic E-state index is 12.1. The molecule has 0 bridgehead atoms. The van der Waals surface area contributed by atoms with Crippen LogP contribution < -0.4 is 5.32 Å². The van der Waals surface area contributed by atoms with Gasteiger partial charge in [0.1, 0.15) is 5.60 Å². The Morgan fingerprint density at radius 2 is 1.95 bits per heavy atom. The first-order valence-corrected chi connectivity index (χ1v) is 8.39. The van der Waals surface area contributed by atoms with Gasteiger partial charge in [-0.3, -0.25) is 0 Å². The molecule has 122 valence electrons. The van der Waals surface area contributed by atoms with E-state index in [1.54, 1.807) is 0 Å². The highest BCUT2D eigenvalue weighted by atomic mass is 16.6. The van der Waals surface area contributed by atoms with Crippen LogP contribution in [0.4, 0.5) is 4.79 Å². The lowest BCUT2D eigenvalue weighted by Crippen LogP contribution is -2.38. The predicted molar refractivity (Wildman–Crippen MR) is 85.3 cm³/mol. The van der Waals surface area contributed by atoms with Crippen LogP contribution in [0.1, 0.15) is 60.3 Å². The fourth-order valence-electron chi connectivity index (χ4n) is 3.04. The number of hydrogen-bond acceptors (Lipinski definition) is 3. The zero-order valence-corrected chi connectivity index (χ0v) is 14.4. The van der Waals surface area contributed by atoms with E-state index in [1.165, 1.54) is 6.42 Å². The first kappa shape index (κ1) is 16.6. The Morgan fingerprint density at radius 3 is 2.52 bits per heavy atom. The van der Waals surface area contributed by atoms with Crippen LogP contribution >= 0.6 is 0 Å². The third kappa shape index (κ3) is 5.17. The lowest BCUT2D eigenvalue weighted by molar-refractivity contribution is 0.0256. The minimum Gasteiger partial charge on any atom is -0.444 e. The summed E-state index contributed by atoms with van der Waals surface area (Å²) in [6.45, 7) is 13.2. The van der Waals surface area contributed by atoms with E-state index in [-0.39, 0.29) is 6.09 Å². The Kier molecular flexibility index (Phi) is 4.86. The molecule has 1 saturated heterocycles. The van der Waals surface area contributed by atoms with E-state index in [2.05, 4.69) is 19.2 Å². The number of carbonyl (C=O) groups excluding carboxylic acids is 1. The molecule has 1 amide bonds. The fraction of sp³-hybridized carbons (Fsp3) is 0.941. The zero-order valence-electron chi connectivity index (χ0n) is 14.4. The van der Waals surface area contributed by atoms with Gasteiger partial charge in [0.25, 0.3) is 0 Å². The molecule has 21 heavy (non-hydrogen) atoms. The first-order valence-electron chi connectivity index (χ1n) is 8.39. The third-order valence-corrected chi connectivity index (χ3v) is 4.75. The van der Waals surface area contributed by atoms with Gasteiger partial charge in [-0.05, 0) is 64.3 Å². The Balaban J connectivity index is 1.73. The van der Waals surface area contributed by atoms with Gasteiger partial charge in [-0.2, -0.15) is 0 Å². The molecule has 1 aliphatic heterocycles. The van der Waals surface area contributed by atoms with Crippen LogP contribution in [0, 0.1) is 11.3 Å². The van der Waals surface area contributed by atoms with Crippen molar-refractivity contribution in [2.45, 2.75) is 71.9 Å². The average molecular weight is 296 g/mol. The number of carbonyl (C=O) groups is 1. The third-order valence-electron chi connectivity index (χ3n) is 4.75. The summed E-state index contributed by atoms with van der Waals surface area (Å²) in [7, 11) is 0. The van der Waals surface area contributed by atoms with Gasteiger partial charge < -0.3 is 15.0 Å². The smallest absolute Gasteiger partial charge is 0.410 e. The Morgan fingerprint density at radius 1 is 1.29 bits per heavy atom. The molecule has 2 atom stereocenters. The molecule has 1 saturated carbocycles. The zero-order chi connectivity index (χ0) is 15.7. The van der Waals surface area contributed by atoms with Crippen molar-refractivity contribution < 1.29 is 9.53 Å². The lowest BCUT2D eigenvalue weighted by atomic mass is 10.1. The topological polar surface area (TPSA) is 41.6 Å². The average Bonchev–Trinajstić information content (AvgIpc) is 3.00. The van der Waals surface area contributed by atoms with E-state index in [0.717, 1.165) is 44.8 Å². The summed E-state index contributed by atoms with van der Waals surface area (Å²) in [6.07, 6.45) is 4.44. The van der Waals surface area contributed by atoms with Crippen LogP contribution in [0.15, 0.2) is 0 Å². The highest BCUT2D eigenvalue weighted by molar-refractivity contribution is 5.68. The largest absolute Gasteiger partial charge is 0.444 e. The van der Waals surface area contributed by atoms with Crippen molar-refractivity contribution in [3.8, 4) is 0 Å². The molecular formula is C17H32N2O2. The summed E-state index contributed by atoms with van der Waals surface area (Å²) < 4.78 is 5.47. The molecule has 1 aliphatic carbocycles. The number of nitrogens with one attached hydrogen (secondary N) is 1. The minimum absolute atomic E-state index is 0.161. The standard InChI is InChI=1S/C17H32N2O2/c1-16(2,3)21-15(20)19-9-6-7-14(8-10-19)18-12-13-11-17(13,4)5/h13-14,18H,6-12H2,1-5H3. The Bertz CT molecular complexity index is 373. The molecule has 4 heteroatoms. The van der Waals surface area contributed by atoms with Crippen LogP contribution in [0.5, 0.6) is 0 Å². The SMILES string of the molecule is CC(C)(C)OC(=O)N1CCCC(NCC2CC2(C)C)CC1. The molecule has 2 unspecified atom stereocenters. The molecule has 2 rings (SSSR count). The minimum atomic E-state index is -0.404. The molecular weight excluding hydrogens is 264 g/mol. The van der Waals surface area contributed by atoms with Crippen molar-refractivity contribution in [1.82, 2.24) is 10.2 Å². The monoisotopic (exact) mass is 296 g/mol. The second kappa shape index (κ2) is 6.15. The molecule has 0 aromatic heterocycles. The van der Waals surface area contributed by atoms with E-state index in [4.69, 9.17) is 4.74 Å². The highest BCUT2D eigenvalue weighted by Gasteiger charge is 2.45. The molecule has 1 heterocycles. The van der Waals surface area contributed by atoms with Crippen molar-refractivity contribution >= 4 is 6.09 Å². The van der Waals surface area contributed by atoms with Gasteiger partial charge >= 0.3 is 6.09 Å². The summed E-state index contributed by atoms with van der Waals surface area (Å²) in [5.41, 5.74) is 0.138. The molecule has 0 aromatic carbocycles. The summed E-state index contributed by atoms with van der Waals surface area (Å²) >= 11 is 0. The summed E-state index contributed by atoms with van der Waals surface area (Å²) in [5, 5.41) is 3.71. The van der Waals surface area contributed by atoms with Crippen LogP contribution in [0.3, 0.4) is 0 Å². The van der Waals surface area contributed by atoms with E-state index in [1.807, 2.05) is 25.7 Å². The quantitative estimate of drug-likeness (QED) is 0.867. The number of rotatable bonds is 3. The van der Waals surface area contributed by atoms with Crippen molar-refractivity contribution in [2.24, 2.45) is 11.3 Å². The number of amides is 1. The van der Waals surface area contributed by atoms with Crippen LogP contribution in [-0.4, -0.2) is 42.3 Å². The highest BCUT2D eigenvalue weighted by Crippen LogP contribution is 2.51. The molecule has 1 N–H and O–H groups in total. The van der Waals surface area contributed by atoms with Crippen LogP contribution in [0.2, 0.25) is 0 Å². The number of likely N-dealkylation sites (tertiary alicyclic amines) is 1. The van der Waals surface area contributed by atoms with E-state index < -0.39 is 5.60 Å². The molecule has 0 radical (unpaired) electrons. The fourth-order valence-corrected chi connectivity index (χ4v) is 3.04. The van der Waals surface area contributed by atoms with E-state index in [9.17, 15) is 4.79 Å². The summed E-state index contributed by atoms with van der Waals surface area (Å²) in [6, 6.07) is 0.550. The summed E-state index contributed by atoms with van der Waals surface area (Å²) in [4.78, 5) is 14.0. The van der Waals surface area contributed by atoms with Crippen molar-refractivity contribution in [3.05, 3.63) is 0 Å². The number of hydrogen-bond donors (Lipinski definition) is 1. The molecule has 0 aromatic rings. The van der Waals surface area contributed by atoms with Gasteiger partial charge in [0.05, 0.1) is 0 Å². The normalized spacial score (nSPS) is 28.9. The summed E-state index contributed by atoms with van der Waals surface area (Å²) in [5.74, 6) is 0.836. The van der Waals surface area contributed by atoms with Crippen molar-refractivity contribution in [3.63, 3.8) is 0 Å². The van der Waals surface area contributed by atoms with Gasteiger partial charge in [-0.25, -0.2) is 4.79 Å². The molecule has 4 nitrogen and oxygen atoms in total. The molecule has 0 spiro atoms. The van der Waals surface area contributed by atoms with E-state index >= 15 is 0 Å². The first-order chi connectivity index (χ1) is 9.67. The molecule has 2 aliphatic rings. The van der Waals surface area contributed by atoms with E-state index in [0.29, 0.717) is 11.5 Å². The number of ether oxygens (including phenoxy) is 1. The maximum Gasteiger partial charge on any atom is 0.410 e. The maximum absolute atomic E-state index is 12.1. The van der Waals surface area contributed by atoms with Crippen LogP contribution in [0.25, 0.3) is 0 Å². The Labute approximate surface area is 129 Å². The number of nitrogens with zero attached hydrogens (tertiary/aromatic N) is 1. The van der Waals surface area contributed by atoms with Crippen LogP contribution in [-0.2, 0) is 4.74 Å². The second-order valence-corrected chi connectivity index (χ2v) is 8.39. The van der Waals surface area contributed by atoms with Crippen molar-refractivity contribution in [1.29, 1.82) is 0 Å². The Hall–Kier alpha value is -0.770. The predicted octanol–water partition coefficient (Wildman–Crippen LogP) is 3.41. The van der Waals surface area contributed by atoms with Gasteiger partial charge in [-0.15, -0.1) is 0 Å². The van der Waals surface area contributed by atoms with Gasteiger partial charge in [0.15, 0.2) is 0 Å². The lowest BCUT2D eigenvalue weighted by Gasteiger charge is -2.26. The van der Waals surface area contributed by atoms with Gasteiger partial charge in [-0.1, -0.05) is 13.8 Å². The molecule has 2 fully saturated rings. The second-order valence-electron chi connectivity index (χ2n) is 8.39. The van der Waals surface area contributed by atoms with Crippen molar-refractivity contribution in [2.75, 3.05) is 19.6 Å². The van der Waals surface area contributed by atoms with Gasteiger partial charge in [0, 0.05) is 19.1 Å².